The van der Waals surface area contributed by atoms with Crippen LogP contribution in [0.15, 0.2) is 24.3 Å². The second-order valence-electron chi connectivity index (χ2n) is 4.51. The van der Waals surface area contributed by atoms with Gasteiger partial charge in [-0.05, 0) is 25.5 Å². The van der Waals surface area contributed by atoms with Crippen molar-refractivity contribution in [3.05, 3.63) is 35.6 Å². The van der Waals surface area contributed by atoms with Gasteiger partial charge < -0.3 is 5.32 Å². The second-order valence-corrected chi connectivity index (χ2v) is 6.27. The summed E-state index contributed by atoms with van der Waals surface area (Å²) < 4.78 is 39.8. The lowest BCUT2D eigenvalue weighted by atomic mass is 10.1. The van der Waals surface area contributed by atoms with Crippen molar-refractivity contribution in [3.63, 3.8) is 0 Å². The number of hydrogen-bond donors (Lipinski definition) is 2. The summed E-state index contributed by atoms with van der Waals surface area (Å²) in [4.78, 5) is 0. The molecule has 1 aliphatic rings. The van der Waals surface area contributed by atoms with E-state index in [1.807, 2.05) is 0 Å². The van der Waals surface area contributed by atoms with Crippen LogP contribution in [0.5, 0.6) is 0 Å². The Balaban J connectivity index is 2.01. The first-order valence-electron chi connectivity index (χ1n) is 6.01. The van der Waals surface area contributed by atoms with Crippen molar-refractivity contribution in [2.24, 2.45) is 0 Å². The molecule has 1 unspecified atom stereocenters. The van der Waals surface area contributed by atoms with Gasteiger partial charge in [0, 0.05) is 18.2 Å². The molecule has 1 aliphatic heterocycles. The van der Waals surface area contributed by atoms with Crippen LogP contribution in [0.1, 0.15) is 18.4 Å². The van der Waals surface area contributed by atoms with Gasteiger partial charge in [0.25, 0.3) is 0 Å². The highest BCUT2D eigenvalue weighted by Crippen LogP contribution is 2.11. The zero-order valence-electron chi connectivity index (χ0n) is 10.0. The summed E-state index contributed by atoms with van der Waals surface area (Å²) in [6.07, 6.45) is 1.77. The van der Waals surface area contributed by atoms with Crippen LogP contribution in [0.2, 0.25) is 0 Å². The van der Waals surface area contributed by atoms with Crippen molar-refractivity contribution in [1.82, 2.24) is 10.0 Å². The van der Waals surface area contributed by atoms with Gasteiger partial charge in [-0.25, -0.2) is 17.5 Å². The number of halogens is 1. The molecule has 1 atom stereocenters. The molecule has 0 bridgehead atoms. The zero-order chi connectivity index (χ0) is 13.0. The number of benzene rings is 1. The molecular weight excluding hydrogens is 255 g/mol. The predicted octanol–water partition coefficient (Wildman–Crippen LogP) is 0.997. The fraction of sp³-hybridized carbons (Fsp3) is 0.500. The maximum atomic E-state index is 13.4. The van der Waals surface area contributed by atoms with Crippen LogP contribution in [-0.2, 0) is 15.8 Å². The molecule has 0 spiro atoms. The van der Waals surface area contributed by atoms with Gasteiger partial charge in [0.05, 0.1) is 5.75 Å². The van der Waals surface area contributed by atoms with E-state index in [1.165, 1.54) is 12.1 Å². The van der Waals surface area contributed by atoms with Crippen LogP contribution < -0.4 is 10.0 Å². The summed E-state index contributed by atoms with van der Waals surface area (Å²) in [7, 11) is -3.49. The Labute approximate surface area is 107 Å². The summed E-state index contributed by atoms with van der Waals surface area (Å²) in [6, 6.07) is 5.86. The van der Waals surface area contributed by atoms with Gasteiger partial charge in [-0.15, -0.1) is 0 Å². The molecule has 100 valence electrons. The molecule has 1 fully saturated rings. The summed E-state index contributed by atoms with van der Waals surface area (Å²) >= 11 is 0. The minimum Gasteiger partial charge on any atom is -0.315 e. The van der Waals surface area contributed by atoms with E-state index >= 15 is 0 Å². The van der Waals surface area contributed by atoms with Gasteiger partial charge in [0.2, 0.25) is 10.0 Å². The number of rotatable bonds is 4. The molecule has 0 radical (unpaired) electrons. The van der Waals surface area contributed by atoms with Gasteiger partial charge in [0.15, 0.2) is 0 Å². The molecule has 0 aliphatic carbocycles. The molecule has 1 aromatic rings. The van der Waals surface area contributed by atoms with E-state index in [-0.39, 0.29) is 17.4 Å². The van der Waals surface area contributed by atoms with Crippen molar-refractivity contribution >= 4 is 10.0 Å². The van der Waals surface area contributed by atoms with Crippen LogP contribution >= 0.6 is 0 Å². The van der Waals surface area contributed by atoms with Gasteiger partial charge in [-0.3, -0.25) is 0 Å². The van der Waals surface area contributed by atoms with Crippen molar-refractivity contribution < 1.29 is 12.8 Å². The maximum absolute atomic E-state index is 13.4. The lowest BCUT2D eigenvalue weighted by Gasteiger charge is -2.23. The number of hydrogen-bond acceptors (Lipinski definition) is 3. The molecule has 0 aromatic heterocycles. The average Bonchev–Trinajstić information content (AvgIpc) is 2.32. The molecule has 0 amide bonds. The van der Waals surface area contributed by atoms with Crippen molar-refractivity contribution in [2.75, 3.05) is 13.1 Å². The van der Waals surface area contributed by atoms with E-state index < -0.39 is 15.8 Å². The molecule has 18 heavy (non-hydrogen) atoms. The van der Waals surface area contributed by atoms with Crippen molar-refractivity contribution in [1.29, 1.82) is 0 Å². The highest BCUT2D eigenvalue weighted by atomic mass is 32.2. The number of sulfonamides is 1. The summed E-state index contributed by atoms with van der Waals surface area (Å²) in [5.74, 6) is -0.791. The summed E-state index contributed by atoms with van der Waals surface area (Å²) in [5.41, 5.74) is 0.203. The Bertz CT molecular complexity index is 499. The highest BCUT2D eigenvalue weighted by Gasteiger charge is 2.21. The SMILES string of the molecule is O=S(=O)(Cc1ccccc1F)NC1CCCNC1. The van der Waals surface area contributed by atoms with E-state index in [0.717, 1.165) is 19.4 Å². The smallest absolute Gasteiger partial charge is 0.216 e. The molecule has 6 heteroatoms. The Morgan fingerprint density at radius 2 is 2.17 bits per heavy atom. The van der Waals surface area contributed by atoms with Gasteiger partial charge >= 0.3 is 0 Å². The first-order valence-corrected chi connectivity index (χ1v) is 7.66. The number of piperidine rings is 1. The third-order valence-electron chi connectivity index (χ3n) is 2.95. The normalized spacial score (nSPS) is 20.8. The zero-order valence-corrected chi connectivity index (χ0v) is 10.8. The third kappa shape index (κ3) is 3.76. The van der Waals surface area contributed by atoms with Gasteiger partial charge in [-0.2, -0.15) is 0 Å². The monoisotopic (exact) mass is 272 g/mol. The average molecular weight is 272 g/mol. The first kappa shape index (κ1) is 13.5. The third-order valence-corrected chi connectivity index (χ3v) is 4.33. The Morgan fingerprint density at radius 3 is 2.83 bits per heavy atom. The van der Waals surface area contributed by atoms with E-state index in [4.69, 9.17) is 0 Å². The van der Waals surface area contributed by atoms with Crippen LogP contribution in [0.25, 0.3) is 0 Å². The second kappa shape index (κ2) is 5.77. The molecule has 1 aromatic carbocycles. The summed E-state index contributed by atoms with van der Waals surface area (Å²) in [6.45, 7) is 1.56. The van der Waals surface area contributed by atoms with Crippen LogP contribution in [0.3, 0.4) is 0 Å². The van der Waals surface area contributed by atoms with E-state index in [2.05, 4.69) is 10.0 Å². The molecule has 1 saturated heterocycles. The molecule has 4 nitrogen and oxygen atoms in total. The standard InChI is InChI=1S/C12H17FN2O2S/c13-12-6-2-1-4-10(12)9-18(16,17)15-11-5-3-7-14-8-11/h1-2,4,6,11,14-15H,3,5,7-9H2. The topological polar surface area (TPSA) is 58.2 Å². The maximum Gasteiger partial charge on any atom is 0.216 e. The Hall–Kier alpha value is -0.980. The fourth-order valence-electron chi connectivity index (χ4n) is 2.07. The van der Waals surface area contributed by atoms with Crippen LogP contribution in [0.4, 0.5) is 4.39 Å². The van der Waals surface area contributed by atoms with Crippen LogP contribution in [0, 0.1) is 5.82 Å². The van der Waals surface area contributed by atoms with Gasteiger partial charge in [-0.1, -0.05) is 18.2 Å². The lowest BCUT2D eigenvalue weighted by Crippen LogP contribution is -2.45. The molecule has 2 N–H and O–H groups in total. The molecule has 0 saturated carbocycles. The molecule has 2 rings (SSSR count). The Kier molecular flexibility index (Phi) is 4.31. The highest BCUT2D eigenvalue weighted by molar-refractivity contribution is 7.88. The predicted molar refractivity (Wildman–Crippen MR) is 68.1 cm³/mol. The minimum atomic E-state index is -3.49. The summed E-state index contributed by atoms with van der Waals surface area (Å²) in [5, 5.41) is 3.13. The Morgan fingerprint density at radius 1 is 1.39 bits per heavy atom. The fourth-order valence-corrected chi connectivity index (χ4v) is 3.50. The first-order chi connectivity index (χ1) is 8.57. The van der Waals surface area contributed by atoms with E-state index in [0.29, 0.717) is 6.54 Å². The molecule has 1 heterocycles. The lowest BCUT2D eigenvalue weighted by molar-refractivity contribution is 0.428. The van der Waals surface area contributed by atoms with Gasteiger partial charge in [0.1, 0.15) is 5.82 Å². The quantitative estimate of drug-likeness (QED) is 0.859. The molecular formula is C12H17FN2O2S. The number of nitrogens with one attached hydrogen (secondary N) is 2. The van der Waals surface area contributed by atoms with Crippen molar-refractivity contribution in [2.45, 2.75) is 24.6 Å². The van der Waals surface area contributed by atoms with E-state index in [9.17, 15) is 12.8 Å². The minimum absolute atomic E-state index is 0.0875. The largest absolute Gasteiger partial charge is 0.315 e. The van der Waals surface area contributed by atoms with E-state index in [1.54, 1.807) is 12.1 Å². The van der Waals surface area contributed by atoms with Crippen LogP contribution in [-0.4, -0.2) is 27.5 Å². The van der Waals surface area contributed by atoms with Crippen molar-refractivity contribution in [3.8, 4) is 0 Å².